The molecule has 126 valence electrons. The van der Waals surface area contributed by atoms with Gasteiger partial charge in [0.25, 0.3) is 0 Å². The van der Waals surface area contributed by atoms with Crippen LogP contribution in [-0.2, 0) is 13.2 Å². The first-order valence-electron chi connectivity index (χ1n) is 7.73. The average molecular weight is 335 g/mol. The van der Waals surface area contributed by atoms with Gasteiger partial charge in [-0.15, -0.1) is 0 Å². The number of rotatable bonds is 7. The van der Waals surface area contributed by atoms with E-state index in [4.69, 9.17) is 13.9 Å². The predicted molar refractivity (Wildman–Crippen MR) is 92.3 cm³/mol. The number of benzene rings is 2. The Labute approximate surface area is 145 Å². The zero-order valence-corrected chi connectivity index (χ0v) is 13.7. The second-order valence-corrected chi connectivity index (χ2v) is 5.20. The monoisotopic (exact) mass is 335 g/mol. The SMILES string of the molecule is COc1ccc(OCc2nc(C#N)c(NCc3ccccc3)o2)cc1. The van der Waals surface area contributed by atoms with Crippen molar-refractivity contribution in [3.05, 3.63) is 71.7 Å². The highest BCUT2D eigenvalue weighted by molar-refractivity contribution is 5.45. The molecule has 0 unspecified atom stereocenters. The van der Waals surface area contributed by atoms with Gasteiger partial charge in [-0.05, 0) is 29.8 Å². The summed E-state index contributed by atoms with van der Waals surface area (Å²) in [7, 11) is 1.61. The van der Waals surface area contributed by atoms with Crippen molar-refractivity contribution in [2.45, 2.75) is 13.2 Å². The number of ether oxygens (including phenoxy) is 2. The molecule has 2 aromatic carbocycles. The fourth-order valence-corrected chi connectivity index (χ4v) is 2.22. The Hall–Kier alpha value is -3.46. The maximum Gasteiger partial charge on any atom is 0.236 e. The summed E-state index contributed by atoms with van der Waals surface area (Å²) in [5.74, 6) is 2.10. The molecule has 3 rings (SSSR count). The van der Waals surface area contributed by atoms with Crippen LogP contribution in [0.1, 0.15) is 17.1 Å². The van der Waals surface area contributed by atoms with Gasteiger partial charge in [-0.1, -0.05) is 30.3 Å². The Kier molecular flexibility index (Phi) is 5.17. The lowest BCUT2D eigenvalue weighted by atomic mass is 10.2. The Bertz CT molecular complexity index is 852. The second kappa shape index (κ2) is 7.88. The molecule has 0 saturated heterocycles. The molecule has 0 radical (unpaired) electrons. The Morgan fingerprint density at radius 3 is 2.48 bits per heavy atom. The Balaban J connectivity index is 1.62. The first-order valence-corrected chi connectivity index (χ1v) is 7.73. The minimum atomic E-state index is 0.133. The molecule has 0 bridgehead atoms. The van der Waals surface area contributed by atoms with Crippen molar-refractivity contribution in [1.82, 2.24) is 4.98 Å². The van der Waals surface area contributed by atoms with E-state index in [0.717, 1.165) is 11.3 Å². The molecule has 0 fully saturated rings. The lowest BCUT2D eigenvalue weighted by Crippen LogP contribution is -1.99. The summed E-state index contributed by atoms with van der Waals surface area (Å²) >= 11 is 0. The molecule has 0 atom stereocenters. The van der Waals surface area contributed by atoms with Crippen molar-refractivity contribution >= 4 is 5.88 Å². The number of nitrogens with one attached hydrogen (secondary N) is 1. The molecule has 1 N–H and O–H groups in total. The molecule has 6 nitrogen and oxygen atoms in total. The van der Waals surface area contributed by atoms with Crippen LogP contribution in [0.5, 0.6) is 11.5 Å². The van der Waals surface area contributed by atoms with Crippen LogP contribution in [-0.4, -0.2) is 12.1 Å². The van der Waals surface area contributed by atoms with Gasteiger partial charge in [0.15, 0.2) is 6.61 Å². The normalized spacial score (nSPS) is 10.1. The number of anilines is 1. The van der Waals surface area contributed by atoms with Crippen LogP contribution in [0.3, 0.4) is 0 Å². The highest BCUT2D eigenvalue weighted by atomic mass is 16.5. The van der Waals surface area contributed by atoms with E-state index < -0.39 is 0 Å². The quantitative estimate of drug-likeness (QED) is 0.708. The van der Waals surface area contributed by atoms with Gasteiger partial charge in [-0.2, -0.15) is 10.2 Å². The zero-order chi connectivity index (χ0) is 17.5. The van der Waals surface area contributed by atoms with Crippen molar-refractivity contribution in [1.29, 1.82) is 5.26 Å². The van der Waals surface area contributed by atoms with Crippen molar-refractivity contribution in [2.24, 2.45) is 0 Å². The van der Waals surface area contributed by atoms with Crippen LogP contribution < -0.4 is 14.8 Å². The molecule has 0 aliphatic carbocycles. The zero-order valence-electron chi connectivity index (χ0n) is 13.7. The molecule has 25 heavy (non-hydrogen) atoms. The van der Waals surface area contributed by atoms with Crippen LogP contribution in [0.15, 0.2) is 59.0 Å². The van der Waals surface area contributed by atoms with Crippen LogP contribution >= 0.6 is 0 Å². The molecular weight excluding hydrogens is 318 g/mol. The smallest absolute Gasteiger partial charge is 0.236 e. The van der Waals surface area contributed by atoms with E-state index in [1.807, 2.05) is 36.4 Å². The Morgan fingerprint density at radius 1 is 1.08 bits per heavy atom. The molecule has 1 aromatic heterocycles. The van der Waals surface area contributed by atoms with Crippen LogP contribution in [0.4, 0.5) is 5.88 Å². The highest BCUT2D eigenvalue weighted by Crippen LogP contribution is 2.21. The number of methoxy groups -OCH3 is 1. The number of hydrogen-bond acceptors (Lipinski definition) is 6. The summed E-state index contributed by atoms with van der Waals surface area (Å²) in [4.78, 5) is 4.15. The van der Waals surface area contributed by atoms with Gasteiger partial charge in [-0.25, -0.2) is 0 Å². The Morgan fingerprint density at radius 2 is 1.80 bits per heavy atom. The third kappa shape index (κ3) is 4.30. The lowest BCUT2D eigenvalue weighted by Gasteiger charge is -2.05. The van der Waals surface area contributed by atoms with Crippen LogP contribution in [0, 0.1) is 11.3 Å². The van der Waals surface area contributed by atoms with E-state index in [2.05, 4.69) is 10.3 Å². The van der Waals surface area contributed by atoms with Crippen molar-refractivity contribution in [2.75, 3.05) is 12.4 Å². The molecule has 1 heterocycles. The van der Waals surface area contributed by atoms with Gasteiger partial charge in [-0.3, -0.25) is 0 Å². The summed E-state index contributed by atoms with van der Waals surface area (Å²) in [6.45, 7) is 0.678. The first kappa shape index (κ1) is 16.4. The average Bonchev–Trinajstić information content (AvgIpc) is 3.08. The van der Waals surface area contributed by atoms with E-state index in [0.29, 0.717) is 24.1 Å². The summed E-state index contributed by atoms with van der Waals surface area (Å²) in [5.41, 5.74) is 1.29. The molecule has 0 amide bonds. The van der Waals surface area contributed by atoms with E-state index >= 15 is 0 Å². The van der Waals surface area contributed by atoms with E-state index in [1.54, 1.807) is 31.4 Å². The van der Waals surface area contributed by atoms with Gasteiger partial charge < -0.3 is 19.2 Å². The maximum absolute atomic E-state index is 9.20. The van der Waals surface area contributed by atoms with E-state index in [1.165, 1.54) is 0 Å². The first-order chi connectivity index (χ1) is 12.3. The third-order valence-electron chi connectivity index (χ3n) is 3.49. The van der Waals surface area contributed by atoms with Gasteiger partial charge in [0.05, 0.1) is 7.11 Å². The summed E-state index contributed by atoms with van der Waals surface area (Å²) in [6.07, 6.45) is 0. The summed E-state index contributed by atoms with van der Waals surface area (Å²) in [6, 6.07) is 19.1. The summed E-state index contributed by atoms with van der Waals surface area (Å²) in [5, 5.41) is 12.3. The van der Waals surface area contributed by atoms with Crippen molar-refractivity contribution in [3.8, 4) is 17.6 Å². The molecular formula is C19H17N3O3. The minimum absolute atomic E-state index is 0.133. The van der Waals surface area contributed by atoms with Gasteiger partial charge in [0.1, 0.15) is 17.6 Å². The minimum Gasteiger partial charge on any atom is -0.497 e. The van der Waals surface area contributed by atoms with Crippen LogP contribution in [0.25, 0.3) is 0 Å². The molecule has 6 heteroatoms. The highest BCUT2D eigenvalue weighted by Gasteiger charge is 2.13. The largest absolute Gasteiger partial charge is 0.497 e. The number of aromatic nitrogens is 1. The molecule has 0 saturated carbocycles. The fourth-order valence-electron chi connectivity index (χ4n) is 2.22. The number of nitriles is 1. The molecule has 0 aliphatic rings. The molecule has 0 spiro atoms. The standard InChI is InChI=1S/C19H17N3O3/c1-23-15-7-9-16(10-8-15)24-13-18-22-17(11-20)19(25-18)21-12-14-5-3-2-4-6-14/h2-10,21H,12-13H2,1H3. The topological polar surface area (TPSA) is 80.3 Å². The van der Waals surface area contributed by atoms with Crippen molar-refractivity contribution < 1.29 is 13.9 Å². The van der Waals surface area contributed by atoms with Gasteiger partial charge in [0.2, 0.25) is 17.5 Å². The molecule has 0 aliphatic heterocycles. The number of hydrogen-bond donors (Lipinski definition) is 1. The predicted octanol–water partition coefficient (Wildman–Crippen LogP) is 3.75. The van der Waals surface area contributed by atoms with Gasteiger partial charge in [0, 0.05) is 6.54 Å². The van der Waals surface area contributed by atoms with E-state index in [-0.39, 0.29) is 12.3 Å². The molecule has 3 aromatic rings. The summed E-state index contributed by atoms with van der Waals surface area (Å²) < 4.78 is 16.3. The third-order valence-corrected chi connectivity index (χ3v) is 3.49. The van der Waals surface area contributed by atoms with Crippen LogP contribution in [0.2, 0.25) is 0 Å². The second-order valence-electron chi connectivity index (χ2n) is 5.20. The lowest BCUT2D eigenvalue weighted by molar-refractivity contribution is 0.264. The number of nitrogens with zero attached hydrogens (tertiary/aromatic N) is 2. The van der Waals surface area contributed by atoms with Crippen molar-refractivity contribution in [3.63, 3.8) is 0 Å². The van der Waals surface area contributed by atoms with Gasteiger partial charge >= 0.3 is 0 Å². The fraction of sp³-hybridized carbons (Fsp3) is 0.158. The van der Waals surface area contributed by atoms with E-state index in [9.17, 15) is 5.26 Å². The number of oxazole rings is 1. The maximum atomic E-state index is 9.20.